The molecule has 7 nitrogen and oxygen atoms in total. The molecule has 1 aromatic heterocycles. The summed E-state index contributed by atoms with van der Waals surface area (Å²) >= 11 is 0. The van der Waals surface area contributed by atoms with Crippen molar-refractivity contribution in [2.24, 2.45) is 0 Å². The van der Waals surface area contributed by atoms with E-state index >= 15 is 0 Å². The number of anilines is 2. The van der Waals surface area contributed by atoms with Crippen molar-refractivity contribution in [1.29, 1.82) is 0 Å². The van der Waals surface area contributed by atoms with E-state index in [0.717, 1.165) is 17.1 Å². The standard InChI is InChI=1S/C16H21N5O2/c1-11-9-13(19-15(18-11)21(2)3)10-17-16(22)20-12-5-7-14(23-4)8-6-12/h5-9H,10H2,1-4H3,(H2,17,20,22). The van der Waals surface area contributed by atoms with Crippen LogP contribution in [0.2, 0.25) is 0 Å². The molecule has 2 N–H and O–H groups in total. The van der Waals surface area contributed by atoms with Gasteiger partial charge in [0.1, 0.15) is 5.75 Å². The minimum Gasteiger partial charge on any atom is -0.497 e. The van der Waals surface area contributed by atoms with Gasteiger partial charge in [0.05, 0.1) is 19.3 Å². The van der Waals surface area contributed by atoms with Crippen LogP contribution in [0.3, 0.4) is 0 Å². The van der Waals surface area contributed by atoms with E-state index < -0.39 is 0 Å². The fourth-order valence-electron chi connectivity index (χ4n) is 1.93. The van der Waals surface area contributed by atoms with Crippen molar-refractivity contribution >= 4 is 17.7 Å². The number of carbonyl (C=O) groups excluding carboxylic acids is 1. The number of hydrogen-bond acceptors (Lipinski definition) is 5. The van der Waals surface area contributed by atoms with Crippen LogP contribution in [-0.2, 0) is 6.54 Å². The number of nitrogens with zero attached hydrogens (tertiary/aromatic N) is 3. The summed E-state index contributed by atoms with van der Waals surface area (Å²) < 4.78 is 5.07. The van der Waals surface area contributed by atoms with Gasteiger partial charge in [0.25, 0.3) is 0 Å². The molecule has 2 amide bonds. The van der Waals surface area contributed by atoms with Gasteiger partial charge in [0, 0.05) is 25.5 Å². The third kappa shape index (κ3) is 4.84. The Kier molecular flexibility index (Phi) is 5.35. The number of rotatable bonds is 5. The summed E-state index contributed by atoms with van der Waals surface area (Å²) in [6.45, 7) is 2.22. The average molecular weight is 315 g/mol. The number of methoxy groups -OCH3 is 1. The molecular formula is C16H21N5O2. The zero-order chi connectivity index (χ0) is 16.8. The molecule has 0 aliphatic rings. The second-order valence-corrected chi connectivity index (χ2v) is 5.23. The summed E-state index contributed by atoms with van der Waals surface area (Å²) in [4.78, 5) is 22.5. The predicted molar refractivity (Wildman–Crippen MR) is 89.9 cm³/mol. The number of benzene rings is 1. The summed E-state index contributed by atoms with van der Waals surface area (Å²) in [5, 5.41) is 5.54. The molecule has 1 aromatic carbocycles. The lowest BCUT2D eigenvalue weighted by Gasteiger charge is -2.13. The molecule has 0 fully saturated rings. The molecule has 0 saturated carbocycles. The molecular weight excluding hydrogens is 294 g/mol. The maximum atomic E-state index is 11.9. The van der Waals surface area contributed by atoms with E-state index in [9.17, 15) is 4.79 Å². The van der Waals surface area contributed by atoms with E-state index in [4.69, 9.17) is 4.74 Å². The fraction of sp³-hybridized carbons (Fsp3) is 0.312. The summed E-state index contributed by atoms with van der Waals surface area (Å²) in [6.07, 6.45) is 0. The second-order valence-electron chi connectivity index (χ2n) is 5.23. The molecule has 1 heterocycles. The Hall–Kier alpha value is -2.83. The molecule has 0 atom stereocenters. The SMILES string of the molecule is COc1ccc(NC(=O)NCc2cc(C)nc(N(C)C)n2)cc1. The molecule has 0 saturated heterocycles. The number of aromatic nitrogens is 2. The number of hydrogen-bond donors (Lipinski definition) is 2. The highest BCUT2D eigenvalue weighted by atomic mass is 16.5. The first-order valence-electron chi connectivity index (χ1n) is 7.18. The maximum Gasteiger partial charge on any atom is 0.319 e. The molecule has 0 aliphatic carbocycles. The molecule has 0 unspecified atom stereocenters. The molecule has 2 aromatic rings. The zero-order valence-corrected chi connectivity index (χ0v) is 13.8. The van der Waals surface area contributed by atoms with Crippen molar-refractivity contribution in [2.75, 3.05) is 31.4 Å². The van der Waals surface area contributed by atoms with Gasteiger partial charge in [-0.25, -0.2) is 14.8 Å². The lowest BCUT2D eigenvalue weighted by atomic mass is 10.3. The van der Waals surface area contributed by atoms with Crippen molar-refractivity contribution in [3.05, 3.63) is 41.7 Å². The number of amides is 2. The second kappa shape index (κ2) is 7.44. The lowest BCUT2D eigenvalue weighted by Crippen LogP contribution is -2.29. The van der Waals surface area contributed by atoms with Crippen molar-refractivity contribution in [1.82, 2.24) is 15.3 Å². The van der Waals surface area contributed by atoms with E-state index in [2.05, 4.69) is 20.6 Å². The van der Waals surface area contributed by atoms with Crippen molar-refractivity contribution in [3.63, 3.8) is 0 Å². The van der Waals surface area contributed by atoms with Crippen LogP contribution in [-0.4, -0.2) is 37.2 Å². The first kappa shape index (κ1) is 16.5. The predicted octanol–water partition coefficient (Wildman–Crippen LogP) is 2.18. The van der Waals surface area contributed by atoms with Crippen molar-refractivity contribution < 1.29 is 9.53 Å². The number of ether oxygens (including phenoxy) is 1. The Morgan fingerprint density at radius 2 is 1.91 bits per heavy atom. The fourth-order valence-corrected chi connectivity index (χ4v) is 1.93. The Balaban J connectivity index is 1.93. The summed E-state index contributed by atoms with van der Waals surface area (Å²) in [5.74, 6) is 1.36. The highest BCUT2D eigenvalue weighted by Crippen LogP contribution is 2.14. The topological polar surface area (TPSA) is 79.4 Å². The van der Waals surface area contributed by atoms with Crippen LogP contribution in [0.5, 0.6) is 5.75 Å². The van der Waals surface area contributed by atoms with E-state index in [1.165, 1.54) is 0 Å². The molecule has 7 heteroatoms. The summed E-state index contributed by atoms with van der Waals surface area (Å²) in [6, 6.07) is 8.67. The molecule has 23 heavy (non-hydrogen) atoms. The van der Waals surface area contributed by atoms with Crippen LogP contribution >= 0.6 is 0 Å². The first-order valence-corrected chi connectivity index (χ1v) is 7.18. The Labute approximate surface area is 135 Å². The van der Waals surface area contributed by atoms with Crippen LogP contribution in [0.4, 0.5) is 16.4 Å². The largest absolute Gasteiger partial charge is 0.497 e. The number of nitrogens with one attached hydrogen (secondary N) is 2. The average Bonchev–Trinajstić information content (AvgIpc) is 2.53. The molecule has 0 bridgehead atoms. The molecule has 0 radical (unpaired) electrons. The van der Waals surface area contributed by atoms with Crippen LogP contribution in [0.15, 0.2) is 30.3 Å². The minimum atomic E-state index is -0.294. The van der Waals surface area contributed by atoms with Gasteiger partial charge in [0.2, 0.25) is 5.95 Å². The zero-order valence-electron chi connectivity index (χ0n) is 13.8. The monoisotopic (exact) mass is 315 g/mol. The maximum absolute atomic E-state index is 11.9. The van der Waals surface area contributed by atoms with Crippen molar-refractivity contribution in [3.8, 4) is 5.75 Å². The van der Waals surface area contributed by atoms with Gasteiger partial charge in [-0.05, 0) is 37.3 Å². The Morgan fingerprint density at radius 3 is 2.52 bits per heavy atom. The van der Waals surface area contributed by atoms with E-state index in [1.807, 2.05) is 32.0 Å². The molecule has 0 spiro atoms. The quantitative estimate of drug-likeness (QED) is 0.884. The van der Waals surface area contributed by atoms with Crippen LogP contribution < -0.4 is 20.3 Å². The highest BCUT2D eigenvalue weighted by molar-refractivity contribution is 5.89. The third-order valence-electron chi connectivity index (χ3n) is 3.07. The highest BCUT2D eigenvalue weighted by Gasteiger charge is 2.06. The number of carbonyl (C=O) groups is 1. The third-order valence-corrected chi connectivity index (χ3v) is 3.07. The van der Waals surface area contributed by atoms with Gasteiger partial charge >= 0.3 is 6.03 Å². The normalized spacial score (nSPS) is 10.1. The minimum absolute atomic E-state index is 0.294. The van der Waals surface area contributed by atoms with Gasteiger partial charge in [0.15, 0.2) is 0 Å². The van der Waals surface area contributed by atoms with E-state index in [-0.39, 0.29) is 6.03 Å². The van der Waals surface area contributed by atoms with E-state index in [0.29, 0.717) is 18.2 Å². The number of urea groups is 1. The Morgan fingerprint density at radius 1 is 1.22 bits per heavy atom. The molecule has 0 aliphatic heterocycles. The van der Waals surface area contributed by atoms with Crippen molar-refractivity contribution in [2.45, 2.75) is 13.5 Å². The molecule has 2 rings (SSSR count). The molecule has 122 valence electrons. The van der Waals surface area contributed by atoms with Crippen LogP contribution in [0.1, 0.15) is 11.4 Å². The van der Waals surface area contributed by atoms with E-state index in [1.54, 1.807) is 31.4 Å². The lowest BCUT2D eigenvalue weighted by molar-refractivity contribution is 0.251. The summed E-state index contributed by atoms with van der Waals surface area (Å²) in [7, 11) is 5.35. The Bertz CT molecular complexity index is 671. The summed E-state index contributed by atoms with van der Waals surface area (Å²) in [5.41, 5.74) is 2.30. The number of aryl methyl sites for hydroxylation is 1. The van der Waals surface area contributed by atoms with Crippen LogP contribution in [0, 0.1) is 6.92 Å². The van der Waals surface area contributed by atoms with Gasteiger partial charge in [-0.3, -0.25) is 0 Å². The smallest absolute Gasteiger partial charge is 0.319 e. The van der Waals surface area contributed by atoms with Crippen LogP contribution in [0.25, 0.3) is 0 Å². The van der Waals surface area contributed by atoms with Gasteiger partial charge < -0.3 is 20.3 Å². The van der Waals surface area contributed by atoms with Gasteiger partial charge in [-0.15, -0.1) is 0 Å². The van der Waals surface area contributed by atoms with Gasteiger partial charge in [-0.1, -0.05) is 0 Å². The van der Waals surface area contributed by atoms with Gasteiger partial charge in [-0.2, -0.15) is 0 Å². The first-order chi connectivity index (χ1) is 11.0.